The Bertz CT molecular complexity index is 934. The van der Waals surface area contributed by atoms with E-state index < -0.39 is 18.5 Å². The number of hydrogen-bond donors (Lipinski definition) is 2. The number of thiophene rings is 1. The standard InChI is InChI=1S/C17H14N4O4S/c22-16(23)10-25-14-5-2-1-4-11(14)9-18-21-17(24)13-8-12(19-20-13)15-6-3-7-26-15/h1-9H,10H2,(H,19,20)(H,21,24)(H,22,23)/p-1/b18-9-. The monoisotopic (exact) mass is 369 g/mol. The van der Waals surface area contributed by atoms with E-state index >= 15 is 0 Å². The molecule has 132 valence electrons. The second-order valence-electron chi connectivity index (χ2n) is 5.04. The highest BCUT2D eigenvalue weighted by Crippen LogP contribution is 2.22. The van der Waals surface area contributed by atoms with Crippen molar-refractivity contribution in [2.24, 2.45) is 5.10 Å². The van der Waals surface area contributed by atoms with E-state index in [1.807, 2.05) is 17.5 Å². The Kier molecular flexibility index (Phi) is 5.40. The van der Waals surface area contributed by atoms with Gasteiger partial charge in [-0.2, -0.15) is 10.2 Å². The minimum Gasteiger partial charge on any atom is -0.546 e. The molecule has 2 heterocycles. The predicted octanol–water partition coefficient (Wildman–Crippen LogP) is 1.03. The maximum absolute atomic E-state index is 12.1. The molecule has 8 nitrogen and oxygen atoms in total. The molecular formula is C17H13N4O4S-. The van der Waals surface area contributed by atoms with Crippen molar-refractivity contribution in [3.05, 3.63) is 59.1 Å². The van der Waals surface area contributed by atoms with Crippen LogP contribution in [-0.4, -0.2) is 34.9 Å². The SMILES string of the molecule is O=C([O-])COc1ccccc1/C=N\NC(=O)c1cc(-c2cccs2)[nH]n1. The second-order valence-corrected chi connectivity index (χ2v) is 5.99. The van der Waals surface area contributed by atoms with Crippen molar-refractivity contribution in [2.45, 2.75) is 0 Å². The van der Waals surface area contributed by atoms with Gasteiger partial charge in [-0.25, -0.2) is 5.43 Å². The molecular weight excluding hydrogens is 356 g/mol. The number of amides is 1. The lowest BCUT2D eigenvalue weighted by molar-refractivity contribution is -0.307. The van der Waals surface area contributed by atoms with Crippen LogP contribution in [0.1, 0.15) is 16.1 Å². The van der Waals surface area contributed by atoms with Crippen molar-refractivity contribution in [3.8, 4) is 16.3 Å². The molecule has 0 bridgehead atoms. The number of para-hydroxylation sites is 1. The first-order valence-electron chi connectivity index (χ1n) is 7.48. The molecule has 9 heteroatoms. The molecule has 26 heavy (non-hydrogen) atoms. The number of benzene rings is 1. The fourth-order valence-electron chi connectivity index (χ4n) is 2.07. The second kappa shape index (κ2) is 8.08. The van der Waals surface area contributed by atoms with Crippen LogP contribution in [0.2, 0.25) is 0 Å². The Morgan fingerprint density at radius 2 is 2.15 bits per heavy atom. The summed E-state index contributed by atoms with van der Waals surface area (Å²) in [5, 5.41) is 23.0. The van der Waals surface area contributed by atoms with Crippen LogP contribution in [0.15, 0.2) is 52.9 Å². The zero-order valence-corrected chi connectivity index (χ0v) is 14.2. The van der Waals surface area contributed by atoms with Gasteiger partial charge in [0.2, 0.25) is 0 Å². The molecule has 0 spiro atoms. The quantitative estimate of drug-likeness (QED) is 0.476. The number of aromatic amines is 1. The van der Waals surface area contributed by atoms with Crippen molar-refractivity contribution < 1.29 is 19.4 Å². The summed E-state index contributed by atoms with van der Waals surface area (Å²) in [5.41, 5.74) is 3.82. The van der Waals surface area contributed by atoms with Crippen molar-refractivity contribution in [1.29, 1.82) is 0 Å². The smallest absolute Gasteiger partial charge is 0.291 e. The Morgan fingerprint density at radius 1 is 1.31 bits per heavy atom. The summed E-state index contributed by atoms with van der Waals surface area (Å²) in [7, 11) is 0. The van der Waals surface area contributed by atoms with Crippen molar-refractivity contribution in [3.63, 3.8) is 0 Å². The van der Waals surface area contributed by atoms with Gasteiger partial charge in [0, 0.05) is 5.56 Å². The zero-order valence-electron chi connectivity index (χ0n) is 13.3. The van der Waals surface area contributed by atoms with E-state index in [0.717, 1.165) is 10.6 Å². The average Bonchev–Trinajstić information content (AvgIpc) is 3.32. The molecule has 2 N–H and O–H groups in total. The molecule has 0 saturated carbocycles. The third kappa shape index (κ3) is 4.33. The summed E-state index contributed by atoms with van der Waals surface area (Å²) in [6.07, 6.45) is 1.36. The molecule has 0 fully saturated rings. The van der Waals surface area contributed by atoms with E-state index in [2.05, 4.69) is 20.7 Å². The molecule has 0 saturated heterocycles. The summed E-state index contributed by atoms with van der Waals surface area (Å²) in [6.45, 7) is -0.573. The highest BCUT2D eigenvalue weighted by atomic mass is 32.1. The fraction of sp³-hybridized carbons (Fsp3) is 0.0588. The van der Waals surface area contributed by atoms with Gasteiger partial charge in [-0.1, -0.05) is 18.2 Å². The molecule has 3 aromatic rings. The molecule has 0 unspecified atom stereocenters. The molecule has 0 radical (unpaired) electrons. The maximum atomic E-state index is 12.1. The van der Waals surface area contributed by atoms with Gasteiger partial charge < -0.3 is 14.6 Å². The number of nitrogens with one attached hydrogen (secondary N) is 2. The number of carboxylic acid groups (broad SMARTS) is 1. The number of hydrazone groups is 1. The molecule has 0 aliphatic carbocycles. The van der Waals surface area contributed by atoms with Crippen LogP contribution in [0.3, 0.4) is 0 Å². The van der Waals surface area contributed by atoms with Gasteiger partial charge in [0.05, 0.1) is 22.8 Å². The zero-order chi connectivity index (χ0) is 18.4. The summed E-state index contributed by atoms with van der Waals surface area (Å²) < 4.78 is 5.10. The van der Waals surface area contributed by atoms with E-state index in [4.69, 9.17) is 4.74 Å². The molecule has 0 aliphatic rings. The van der Waals surface area contributed by atoms with Gasteiger partial charge in [0.25, 0.3) is 5.91 Å². The molecule has 2 aromatic heterocycles. The van der Waals surface area contributed by atoms with E-state index in [-0.39, 0.29) is 5.69 Å². The number of carbonyl (C=O) groups is 2. The van der Waals surface area contributed by atoms with Gasteiger partial charge in [-0.05, 0) is 29.6 Å². The molecule has 0 atom stereocenters. The largest absolute Gasteiger partial charge is 0.546 e. The average molecular weight is 369 g/mol. The number of aliphatic carboxylic acids is 1. The van der Waals surface area contributed by atoms with Gasteiger partial charge in [-0.3, -0.25) is 9.89 Å². The molecule has 1 amide bonds. The first-order chi connectivity index (χ1) is 12.6. The van der Waals surface area contributed by atoms with Crippen molar-refractivity contribution in [1.82, 2.24) is 15.6 Å². The van der Waals surface area contributed by atoms with Crippen molar-refractivity contribution in [2.75, 3.05) is 6.61 Å². The van der Waals surface area contributed by atoms with Crippen LogP contribution in [0.4, 0.5) is 0 Å². The van der Waals surface area contributed by atoms with E-state index in [0.29, 0.717) is 11.3 Å². The Hall–Kier alpha value is -3.46. The number of carboxylic acids is 1. The number of ether oxygens (including phenoxy) is 1. The molecule has 1 aromatic carbocycles. The van der Waals surface area contributed by atoms with Gasteiger partial charge >= 0.3 is 0 Å². The number of nitrogens with zero attached hydrogens (tertiary/aromatic N) is 2. The lowest BCUT2D eigenvalue weighted by atomic mass is 10.2. The van der Waals surface area contributed by atoms with Crippen LogP contribution in [0, 0.1) is 0 Å². The number of carbonyl (C=O) groups excluding carboxylic acids is 2. The van der Waals surface area contributed by atoms with Crippen LogP contribution < -0.4 is 15.3 Å². The Balaban J connectivity index is 1.64. The number of rotatable bonds is 7. The Morgan fingerprint density at radius 3 is 2.92 bits per heavy atom. The third-order valence-electron chi connectivity index (χ3n) is 3.23. The van der Waals surface area contributed by atoms with Gasteiger partial charge in [-0.15, -0.1) is 11.3 Å². The minimum absolute atomic E-state index is 0.201. The fourth-order valence-corrected chi connectivity index (χ4v) is 2.76. The summed E-state index contributed by atoms with van der Waals surface area (Å²) >= 11 is 1.53. The van der Waals surface area contributed by atoms with Crippen LogP contribution in [0.5, 0.6) is 5.75 Å². The highest BCUT2D eigenvalue weighted by Gasteiger charge is 2.11. The number of aromatic nitrogens is 2. The van der Waals surface area contributed by atoms with E-state index in [1.165, 1.54) is 17.6 Å². The van der Waals surface area contributed by atoms with Crippen LogP contribution >= 0.6 is 11.3 Å². The minimum atomic E-state index is -1.33. The van der Waals surface area contributed by atoms with Gasteiger partial charge in [0.15, 0.2) is 5.69 Å². The first kappa shape index (κ1) is 17.4. The number of H-pyrrole nitrogens is 1. The third-order valence-corrected chi connectivity index (χ3v) is 4.13. The lowest BCUT2D eigenvalue weighted by Gasteiger charge is -2.08. The van der Waals surface area contributed by atoms with Crippen molar-refractivity contribution >= 4 is 29.4 Å². The summed E-state index contributed by atoms with van der Waals surface area (Å²) in [5.74, 6) is -1.49. The molecule has 0 aliphatic heterocycles. The predicted molar refractivity (Wildman–Crippen MR) is 93.9 cm³/mol. The van der Waals surface area contributed by atoms with Crippen LogP contribution in [-0.2, 0) is 4.79 Å². The highest BCUT2D eigenvalue weighted by molar-refractivity contribution is 7.13. The lowest BCUT2D eigenvalue weighted by Crippen LogP contribution is -2.29. The topological polar surface area (TPSA) is 119 Å². The van der Waals surface area contributed by atoms with Gasteiger partial charge in [0.1, 0.15) is 12.4 Å². The number of hydrogen-bond acceptors (Lipinski definition) is 7. The summed E-state index contributed by atoms with van der Waals surface area (Å²) in [6, 6.07) is 12.1. The van der Waals surface area contributed by atoms with E-state index in [9.17, 15) is 14.7 Å². The summed E-state index contributed by atoms with van der Waals surface area (Å²) in [4.78, 5) is 23.6. The maximum Gasteiger partial charge on any atom is 0.291 e. The first-order valence-corrected chi connectivity index (χ1v) is 8.36. The Labute approximate surface area is 152 Å². The molecule has 3 rings (SSSR count). The van der Waals surface area contributed by atoms with E-state index in [1.54, 1.807) is 30.3 Å². The van der Waals surface area contributed by atoms with Crippen LogP contribution in [0.25, 0.3) is 10.6 Å². The normalized spacial score (nSPS) is 10.8.